The molecule has 0 bridgehead atoms. The number of carbonyl (C=O) groups is 2. The molecule has 0 saturated heterocycles. The van der Waals surface area contributed by atoms with Crippen molar-refractivity contribution in [1.82, 2.24) is 4.90 Å². The number of carbonyl (C=O) groups excluding carboxylic acids is 2. The minimum atomic E-state index is -0.532. The molecule has 1 rings (SSSR count). The van der Waals surface area contributed by atoms with Crippen LogP contribution in [0.5, 0.6) is 5.75 Å². The van der Waals surface area contributed by atoms with Crippen LogP contribution in [0.15, 0.2) is 22.7 Å². The number of nitrogens with zero attached hydrogens (tertiary/aromatic N) is 1. The molecular weight excluding hydrogens is 324 g/mol. The van der Waals surface area contributed by atoms with Crippen molar-refractivity contribution < 1.29 is 14.3 Å². The van der Waals surface area contributed by atoms with Gasteiger partial charge in [0.1, 0.15) is 5.75 Å². The monoisotopic (exact) mass is 342 g/mol. The van der Waals surface area contributed by atoms with E-state index in [1.807, 2.05) is 13.8 Å². The maximum atomic E-state index is 12.5. The number of benzene rings is 1. The molecule has 20 heavy (non-hydrogen) atoms. The Bertz CT molecular complexity index is 503. The number of amides is 2. The van der Waals surface area contributed by atoms with Crippen LogP contribution in [-0.4, -0.2) is 36.9 Å². The normalized spacial score (nSPS) is 10.4. The first kappa shape index (κ1) is 16.5. The van der Waals surface area contributed by atoms with Gasteiger partial charge in [-0.3, -0.25) is 9.59 Å². The van der Waals surface area contributed by atoms with Gasteiger partial charge in [-0.05, 0) is 24.1 Å². The van der Waals surface area contributed by atoms with Crippen molar-refractivity contribution in [2.75, 3.05) is 20.2 Å². The first-order valence-corrected chi connectivity index (χ1v) is 7.05. The summed E-state index contributed by atoms with van der Waals surface area (Å²) in [5, 5.41) is 0. The van der Waals surface area contributed by atoms with Crippen molar-refractivity contribution in [2.45, 2.75) is 13.8 Å². The first-order valence-electron chi connectivity index (χ1n) is 6.26. The van der Waals surface area contributed by atoms with Crippen LogP contribution in [0, 0.1) is 5.92 Å². The lowest BCUT2D eigenvalue weighted by Gasteiger charge is -2.24. The van der Waals surface area contributed by atoms with E-state index in [-0.39, 0.29) is 18.4 Å². The van der Waals surface area contributed by atoms with Gasteiger partial charge in [-0.2, -0.15) is 0 Å². The third kappa shape index (κ3) is 4.52. The summed E-state index contributed by atoms with van der Waals surface area (Å²) in [4.78, 5) is 25.1. The summed E-state index contributed by atoms with van der Waals surface area (Å²) in [6.07, 6.45) is 0. The fraction of sp³-hybridized carbons (Fsp3) is 0.429. The fourth-order valence-corrected chi connectivity index (χ4v) is 2.20. The van der Waals surface area contributed by atoms with E-state index in [1.165, 1.54) is 12.0 Å². The third-order valence-corrected chi connectivity index (χ3v) is 3.11. The van der Waals surface area contributed by atoms with Gasteiger partial charge >= 0.3 is 0 Å². The van der Waals surface area contributed by atoms with E-state index in [1.54, 1.807) is 18.2 Å². The van der Waals surface area contributed by atoms with E-state index < -0.39 is 5.91 Å². The van der Waals surface area contributed by atoms with E-state index in [2.05, 4.69) is 15.9 Å². The molecule has 0 aromatic heterocycles. The van der Waals surface area contributed by atoms with Crippen LogP contribution in [0.3, 0.4) is 0 Å². The lowest BCUT2D eigenvalue weighted by Crippen LogP contribution is -2.40. The molecule has 2 N–H and O–H groups in total. The minimum Gasteiger partial charge on any atom is -0.496 e. The number of hydrogen-bond acceptors (Lipinski definition) is 3. The lowest BCUT2D eigenvalue weighted by atomic mass is 10.1. The Hall–Kier alpha value is -1.56. The number of rotatable bonds is 6. The second-order valence-electron chi connectivity index (χ2n) is 4.89. The molecule has 0 aliphatic carbocycles. The molecule has 0 heterocycles. The number of ether oxygens (including phenoxy) is 1. The Morgan fingerprint density at radius 2 is 2.05 bits per heavy atom. The average molecular weight is 343 g/mol. The summed E-state index contributed by atoms with van der Waals surface area (Å²) < 4.78 is 6.03. The van der Waals surface area contributed by atoms with Crippen LogP contribution >= 0.6 is 15.9 Å². The van der Waals surface area contributed by atoms with Crippen molar-refractivity contribution in [2.24, 2.45) is 11.7 Å². The van der Waals surface area contributed by atoms with Crippen molar-refractivity contribution in [3.05, 3.63) is 28.2 Å². The summed E-state index contributed by atoms with van der Waals surface area (Å²) in [6, 6.07) is 5.14. The second kappa shape index (κ2) is 7.28. The first-order chi connectivity index (χ1) is 9.35. The molecule has 1 aromatic carbocycles. The van der Waals surface area contributed by atoms with Gasteiger partial charge in [0.15, 0.2) is 0 Å². The van der Waals surface area contributed by atoms with Crippen LogP contribution in [0.25, 0.3) is 0 Å². The highest BCUT2D eigenvalue weighted by molar-refractivity contribution is 9.10. The molecule has 5 nitrogen and oxygen atoms in total. The summed E-state index contributed by atoms with van der Waals surface area (Å²) in [6.45, 7) is 4.30. The van der Waals surface area contributed by atoms with Gasteiger partial charge in [0.05, 0.1) is 19.2 Å². The van der Waals surface area contributed by atoms with E-state index in [0.717, 1.165) is 4.47 Å². The van der Waals surface area contributed by atoms with E-state index in [4.69, 9.17) is 10.5 Å². The Morgan fingerprint density at radius 1 is 1.40 bits per heavy atom. The average Bonchev–Trinajstić information content (AvgIpc) is 2.35. The number of primary amides is 1. The van der Waals surface area contributed by atoms with Gasteiger partial charge in [-0.25, -0.2) is 0 Å². The number of methoxy groups -OCH3 is 1. The zero-order chi connectivity index (χ0) is 15.3. The van der Waals surface area contributed by atoms with Gasteiger partial charge in [0, 0.05) is 11.0 Å². The predicted octanol–water partition coefficient (Wildman–Crippen LogP) is 2.04. The number of hydrogen-bond donors (Lipinski definition) is 1. The Morgan fingerprint density at radius 3 is 2.55 bits per heavy atom. The van der Waals surface area contributed by atoms with Crippen molar-refractivity contribution in [3.63, 3.8) is 0 Å². The molecule has 0 spiro atoms. The minimum absolute atomic E-state index is 0.101. The standard InChI is InChI=1S/C14H19BrN2O3/c1-9(2)7-17(8-13(16)18)14(19)11-5-4-10(15)6-12(11)20-3/h4-6,9H,7-8H2,1-3H3,(H2,16,18). The molecule has 0 radical (unpaired) electrons. The molecule has 0 saturated carbocycles. The molecule has 0 aliphatic heterocycles. The molecular formula is C14H19BrN2O3. The van der Waals surface area contributed by atoms with Crippen molar-refractivity contribution in [1.29, 1.82) is 0 Å². The smallest absolute Gasteiger partial charge is 0.258 e. The van der Waals surface area contributed by atoms with Gasteiger partial charge < -0.3 is 15.4 Å². The van der Waals surface area contributed by atoms with E-state index in [9.17, 15) is 9.59 Å². The van der Waals surface area contributed by atoms with E-state index in [0.29, 0.717) is 17.9 Å². The predicted molar refractivity (Wildman–Crippen MR) is 80.6 cm³/mol. The second-order valence-corrected chi connectivity index (χ2v) is 5.81. The lowest BCUT2D eigenvalue weighted by molar-refractivity contribution is -0.118. The highest BCUT2D eigenvalue weighted by atomic mass is 79.9. The highest BCUT2D eigenvalue weighted by Gasteiger charge is 2.21. The topological polar surface area (TPSA) is 72.6 Å². The zero-order valence-electron chi connectivity index (χ0n) is 11.9. The largest absolute Gasteiger partial charge is 0.496 e. The molecule has 1 aromatic rings. The molecule has 0 atom stereocenters. The maximum Gasteiger partial charge on any atom is 0.258 e. The Labute approximate surface area is 127 Å². The number of nitrogens with two attached hydrogens (primary N) is 1. The Balaban J connectivity index is 3.07. The summed E-state index contributed by atoms with van der Waals surface area (Å²) in [7, 11) is 1.50. The third-order valence-electron chi connectivity index (χ3n) is 2.61. The summed E-state index contributed by atoms with van der Waals surface area (Å²) in [5.74, 6) is -0.0979. The van der Waals surface area contributed by atoms with Crippen LogP contribution < -0.4 is 10.5 Å². The van der Waals surface area contributed by atoms with Crippen LogP contribution in [-0.2, 0) is 4.79 Å². The number of halogens is 1. The molecule has 2 amide bonds. The molecule has 0 aliphatic rings. The van der Waals surface area contributed by atoms with Crippen molar-refractivity contribution in [3.8, 4) is 5.75 Å². The molecule has 110 valence electrons. The summed E-state index contributed by atoms with van der Waals surface area (Å²) in [5.41, 5.74) is 5.62. The maximum absolute atomic E-state index is 12.5. The van der Waals surface area contributed by atoms with Crippen LogP contribution in [0.4, 0.5) is 0 Å². The van der Waals surface area contributed by atoms with Crippen molar-refractivity contribution >= 4 is 27.7 Å². The highest BCUT2D eigenvalue weighted by Crippen LogP contribution is 2.25. The molecule has 0 fully saturated rings. The van der Waals surface area contributed by atoms with Gasteiger partial charge in [-0.15, -0.1) is 0 Å². The molecule has 6 heteroatoms. The van der Waals surface area contributed by atoms with Gasteiger partial charge in [0.2, 0.25) is 5.91 Å². The van der Waals surface area contributed by atoms with Crippen LogP contribution in [0.1, 0.15) is 24.2 Å². The zero-order valence-corrected chi connectivity index (χ0v) is 13.4. The van der Waals surface area contributed by atoms with Crippen LogP contribution in [0.2, 0.25) is 0 Å². The van der Waals surface area contributed by atoms with Gasteiger partial charge in [0.25, 0.3) is 5.91 Å². The fourth-order valence-electron chi connectivity index (χ4n) is 1.86. The summed E-state index contributed by atoms with van der Waals surface area (Å²) >= 11 is 3.32. The van der Waals surface area contributed by atoms with E-state index >= 15 is 0 Å². The SMILES string of the molecule is COc1cc(Br)ccc1C(=O)N(CC(N)=O)CC(C)C. The molecule has 0 unspecified atom stereocenters. The quantitative estimate of drug-likeness (QED) is 0.859. The van der Waals surface area contributed by atoms with Gasteiger partial charge in [-0.1, -0.05) is 29.8 Å². The Kier molecular flexibility index (Phi) is 6.01.